The zero-order valence-corrected chi connectivity index (χ0v) is 30.9. The Hall–Kier alpha value is -2.18. The molecule has 0 saturated carbocycles. The van der Waals surface area contributed by atoms with Crippen molar-refractivity contribution in [2.75, 3.05) is 0 Å². The third-order valence-electron chi connectivity index (χ3n) is 8.22. The molecule has 5 rings (SSSR count). The second kappa shape index (κ2) is 14.3. The van der Waals surface area contributed by atoms with Crippen LogP contribution in [0.5, 0.6) is 0 Å². The minimum atomic E-state index is -0.170. The molecular weight excluding hydrogens is 603 g/mol. The molecule has 226 valence electrons. The van der Waals surface area contributed by atoms with Crippen molar-refractivity contribution in [3.63, 3.8) is 0 Å². The van der Waals surface area contributed by atoms with Crippen LogP contribution in [0.4, 0.5) is 4.39 Å². The van der Waals surface area contributed by atoms with Gasteiger partial charge in [-0.25, -0.2) is 5.57 Å². The Morgan fingerprint density at radius 1 is 0.814 bits per heavy atom. The van der Waals surface area contributed by atoms with E-state index in [4.69, 9.17) is 0 Å². The first kappa shape index (κ1) is 35.3. The summed E-state index contributed by atoms with van der Waals surface area (Å²) in [7, 11) is 0. The molecule has 0 spiro atoms. The average Bonchev–Trinajstić information content (AvgIpc) is 3.54. The van der Waals surface area contributed by atoms with Gasteiger partial charge in [-0.3, -0.25) is 6.08 Å². The number of rotatable bonds is 3. The van der Waals surface area contributed by atoms with E-state index in [0.29, 0.717) is 11.3 Å². The molecule has 0 bridgehead atoms. The molecule has 1 atom stereocenters. The summed E-state index contributed by atoms with van der Waals surface area (Å²) in [4.78, 5) is 0. The quantitative estimate of drug-likeness (QED) is 0.193. The number of benzene rings is 3. The Morgan fingerprint density at radius 3 is 1.91 bits per heavy atom. The first-order valence-electron chi connectivity index (χ1n) is 15.8. The Kier molecular flexibility index (Phi) is 11.7. The van der Waals surface area contributed by atoms with E-state index < -0.39 is 0 Å². The van der Waals surface area contributed by atoms with Crippen LogP contribution < -0.4 is 0 Å². The minimum absolute atomic E-state index is 0.170. The summed E-state index contributed by atoms with van der Waals surface area (Å²) in [5.74, 6) is 0.403. The van der Waals surface area contributed by atoms with E-state index in [1.54, 1.807) is 12.1 Å². The van der Waals surface area contributed by atoms with Gasteiger partial charge in [0.2, 0.25) is 0 Å². The van der Waals surface area contributed by atoms with E-state index in [0.717, 1.165) is 18.4 Å². The van der Waals surface area contributed by atoms with Crippen LogP contribution in [-0.2, 0) is 41.5 Å². The van der Waals surface area contributed by atoms with Crippen LogP contribution in [0.25, 0.3) is 11.1 Å². The van der Waals surface area contributed by atoms with Gasteiger partial charge in [0.15, 0.2) is 0 Å². The van der Waals surface area contributed by atoms with Gasteiger partial charge in [-0.15, -0.1) is 5.56 Å². The molecule has 3 aromatic carbocycles. The fourth-order valence-corrected chi connectivity index (χ4v) is 5.88. The molecule has 0 radical (unpaired) electrons. The maximum atomic E-state index is 12.2. The summed E-state index contributed by atoms with van der Waals surface area (Å²) in [6.07, 6.45) is 9.31. The number of hydrogen-bond acceptors (Lipinski definition) is 0. The zero-order valence-electron chi connectivity index (χ0n) is 28.4. The van der Waals surface area contributed by atoms with Crippen LogP contribution in [0.2, 0.25) is 0 Å². The van der Waals surface area contributed by atoms with Crippen LogP contribution in [0, 0.1) is 29.3 Å². The van der Waals surface area contributed by atoms with Crippen molar-refractivity contribution < 1.29 is 28.6 Å². The van der Waals surface area contributed by atoms with Gasteiger partial charge in [0, 0.05) is 0 Å². The first-order valence-corrected chi connectivity index (χ1v) is 17.2. The molecule has 0 heterocycles. The first-order chi connectivity index (χ1) is 20.0. The summed E-state index contributed by atoms with van der Waals surface area (Å²) in [5, 5.41) is 0. The Labute approximate surface area is 277 Å². The van der Waals surface area contributed by atoms with Crippen molar-refractivity contribution in [1.29, 1.82) is 0 Å². The second-order valence-electron chi connectivity index (χ2n) is 14.8. The predicted molar refractivity (Wildman–Crippen MR) is 181 cm³/mol. The fourth-order valence-electron chi connectivity index (χ4n) is 5.40. The molecule has 0 N–H and O–H groups in total. The summed E-state index contributed by atoms with van der Waals surface area (Å²) in [6.45, 7) is 25.0. The summed E-state index contributed by atoms with van der Waals surface area (Å²) in [6, 6.07) is 21.5. The van der Waals surface area contributed by atoms with Crippen molar-refractivity contribution in [3.8, 4) is 11.1 Å². The Morgan fingerprint density at radius 2 is 1.42 bits per heavy atom. The van der Waals surface area contributed by atoms with Gasteiger partial charge in [-0.1, -0.05) is 135 Å². The van der Waals surface area contributed by atoms with E-state index in [9.17, 15) is 4.39 Å². The van der Waals surface area contributed by atoms with E-state index in [1.165, 1.54) is 87.3 Å². The Bertz CT molecular complexity index is 1400. The van der Waals surface area contributed by atoms with Crippen molar-refractivity contribution in [3.05, 3.63) is 118 Å². The molecule has 3 aromatic rings. The molecular formula is C41H51FZr. The molecule has 0 aliphatic heterocycles. The van der Waals surface area contributed by atoms with E-state index in [2.05, 4.69) is 125 Å². The summed E-state index contributed by atoms with van der Waals surface area (Å²) < 4.78 is 14.2. The zero-order chi connectivity index (χ0) is 32.2. The van der Waals surface area contributed by atoms with Gasteiger partial charge in [0.1, 0.15) is 0 Å². The molecule has 0 fully saturated rings. The van der Waals surface area contributed by atoms with Gasteiger partial charge >= 0.3 is 68.0 Å². The van der Waals surface area contributed by atoms with Gasteiger partial charge in [-0.05, 0) is 17.4 Å². The van der Waals surface area contributed by atoms with E-state index >= 15 is 0 Å². The molecule has 43 heavy (non-hydrogen) atoms. The second-order valence-corrected chi connectivity index (χ2v) is 15.6. The van der Waals surface area contributed by atoms with Crippen molar-refractivity contribution >= 4 is 3.71 Å². The van der Waals surface area contributed by atoms with Crippen LogP contribution in [-0.4, -0.2) is 3.71 Å². The topological polar surface area (TPSA) is 0 Å². The van der Waals surface area contributed by atoms with Gasteiger partial charge in [0.05, 0.1) is 0 Å². The summed E-state index contributed by atoms with van der Waals surface area (Å²) >= 11 is 1.34. The van der Waals surface area contributed by atoms with Gasteiger partial charge in [0.25, 0.3) is 0 Å². The molecule has 0 saturated heterocycles. The third-order valence-corrected chi connectivity index (χ3v) is 9.04. The van der Waals surface area contributed by atoms with Crippen molar-refractivity contribution in [2.24, 2.45) is 11.3 Å². The number of allylic oxidation sites excluding steroid dienone is 4. The molecule has 2 aliphatic rings. The van der Waals surface area contributed by atoms with E-state index in [-0.39, 0.29) is 16.6 Å². The van der Waals surface area contributed by atoms with Crippen LogP contribution >= 0.6 is 0 Å². The SMILES string of the molecule is CC(C)(C)c1c[c-]c2c(c1)-c1cc(C(C)(C)C)ccc1C2.CCC1=[C-]C(CC)C=C1C(C)(C)C.Fc1ccc([CH]=[Zr+2])cc1. The number of hydrogen-bond donors (Lipinski definition) is 0. The van der Waals surface area contributed by atoms with Crippen molar-refractivity contribution in [2.45, 2.75) is 106 Å². The molecule has 0 nitrogen and oxygen atoms in total. The molecule has 2 aliphatic carbocycles. The number of halogens is 1. The molecule has 1 unspecified atom stereocenters. The maximum absolute atomic E-state index is 12.2. The van der Waals surface area contributed by atoms with Gasteiger partial charge < -0.3 is 0 Å². The summed E-state index contributed by atoms with van der Waals surface area (Å²) in [5.41, 5.74) is 13.1. The standard InChI is InChI=1S/C21H25.C13H21.C7H5F.Zr/c1-20(2,3)16-9-7-14-11-15-8-10-17(21(4,5)6)13-19(15)18(14)12-16;1-6-10-8-11(7-2)12(9-10)13(3,4)5;1-6-2-4-7(8)5-3-6;/h7,9-10,12-13H,11H2,1-6H3;9-10H,6-7H2,1-5H3;1-5H;/q2*-1;;+2. The average molecular weight is 654 g/mol. The monoisotopic (exact) mass is 652 g/mol. The Balaban J connectivity index is 0.000000196. The fraction of sp³-hybridized carbons (Fsp3) is 0.439. The predicted octanol–water partition coefficient (Wildman–Crippen LogP) is 11.3. The third kappa shape index (κ3) is 9.41. The normalized spacial score (nSPS) is 15.7. The number of fused-ring (bicyclic) bond motifs is 3. The molecule has 2 heteroatoms. The van der Waals surface area contributed by atoms with Crippen molar-refractivity contribution in [1.82, 2.24) is 0 Å². The van der Waals surface area contributed by atoms with E-state index in [1.807, 2.05) is 3.71 Å². The van der Waals surface area contributed by atoms with Crippen LogP contribution in [0.15, 0.2) is 71.8 Å². The molecule has 0 aromatic heterocycles. The van der Waals surface area contributed by atoms with Crippen LogP contribution in [0.3, 0.4) is 0 Å². The van der Waals surface area contributed by atoms with Crippen LogP contribution in [0.1, 0.15) is 117 Å². The molecule has 0 amide bonds. The van der Waals surface area contributed by atoms with Gasteiger partial charge in [-0.2, -0.15) is 41.0 Å².